The molecule has 3 nitrogen and oxygen atoms in total. The Balaban J connectivity index is 0.00000264. The van der Waals surface area contributed by atoms with Crippen LogP contribution in [-0.4, -0.2) is 37.0 Å². The summed E-state index contributed by atoms with van der Waals surface area (Å²) in [6.07, 6.45) is 4.25. The first-order chi connectivity index (χ1) is 10.8. The molecule has 0 saturated carbocycles. The van der Waals surface area contributed by atoms with E-state index in [1.807, 2.05) is 18.2 Å². The average Bonchev–Trinajstić information content (AvgIpc) is 2.58. The van der Waals surface area contributed by atoms with Gasteiger partial charge in [-0.05, 0) is 43.8 Å². The molecule has 2 rings (SSSR count). The second-order valence-electron chi connectivity index (χ2n) is 6.33. The minimum absolute atomic E-state index is 0. The first-order valence-corrected chi connectivity index (χ1v) is 8.80. The number of hydrogen-bond donors (Lipinski definition) is 1. The van der Waals surface area contributed by atoms with E-state index in [1.54, 1.807) is 0 Å². The molecule has 4 heteroatoms. The third-order valence-electron chi connectivity index (χ3n) is 4.69. The van der Waals surface area contributed by atoms with E-state index in [1.165, 1.54) is 5.56 Å². The fourth-order valence-corrected chi connectivity index (χ4v) is 3.33. The van der Waals surface area contributed by atoms with Gasteiger partial charge < -0.3 is 10.2 Å². The van der Waals surface area contributed by atoms with Gasteiger partial charge in [-0.1, -0.05) is 50.6 Å². The Morgan fingerprint density at radius 2 is 1.87 bits per heavy atom. The molecule has 1 saturated heterocycles. The third kappa shape index (κ3) is 5.82. The molecular formula is C19H31ClN2O. The number of benzene rings is 1. The van der Waals surface area contributed by atoms with E-state index in [4.69, 9.17) is 0 Å². The van der Waals surface area contributed by atoms with Crippen LogP contribution in [0, 0.1) is 5.92 Å². The van der Waals surface area contributed by atoms with Crippen LogP contribution in [0.25, 0.3) is 0 Å². The lowest BCUT2D eigenvalue weighted by molar-refractivity contribution is -0.134. The highest BCUT2D eigenvalue weighted by molar-refractivity contribution is 5.85. The molecule has 0 spiro atoms. The van der Waals surface area contributed by atoms with Crippen molar-refractivity contribution >= 4 is 18.3 Å². The van der Waals surface area contributed by atoms with Gasteiger partial charge in [-0.15, -0.1) is 12.4 Å². The first-order valence-electron chi connectivity index (χ1n) is 8.80. The molecule has 1 heterocycles. The van der Waals surface area contributed by atoms with Crippen molar-refractivity contribution < 1.29 is 4.79 Å². The maximum Gasteiger partial charge on any atom is 0.230 e. The summed E-state index contributed by atoms with van der Waals surface area (Å²) in [6, 6.07) is 10.3. The molecule has 0 aliphatic carbocycles. The summed E-state index contributed by atoms with van der Waals surface area (Å²) in [5.74, 6) is 1.09. The number of carbonyl (C=O) groups is 1. The standard InChI is InChI=1S/C19H30N2O.ClH/c1-3-8-18(17-9-6-5-7-10-17)19(22)21-13-11-16(12-14-21)15-20-4-2;/h5-7,9-10,16,18,20H,3-4,8,11-15H2,1-2H3;1H. The highest BCUT2D eigenvalue weighted by atomic mass is 35.5. The highest BCUT2D eigenvalue weighted by Crippen LogP contribution is 2.26. The van der Waals surface area contributed by atoms with Crippen LogP contribution in [0.1, 0.15) is 51.0 Å². The molecule has 0 bridgehead atoms. The lowest BCUT2D eigenvalue weighted by Crippen LogP contribution is -2.42. The number of carbonyl (C=O) groups excluding carboxylic acids is 1. The van der Waals surface area contributed by atoms with Crippen molar-refractivity contribution in [3.8, 4) is 0 Å². The molecule has 1 unspecified atom stereocenters. The summed E-state index contributed by atoms with van der Waals surface area (Å²) in [4.78, 5) is 15.0. The molecule has 0 radical (unpaired) electrons. The van der Waals surface area contributed by atoms with Crippen LogP contribution < -0.4 is 5.32 Å². The van der Waals surface area contributed by atoms with Crippen LogP contribution in [-0.2, 0) is 4.79 Å². The number of nitrogens with zero attached hydrogens (tertiary/aromatic N) is 1. The van der Waals surface area contributed by atoms with Gasteiger partial charge in [-0.25, -0.2) is 0 Å². The monoisotopic (exact) mass is 338 g/mol. The van der Waals surface area contributed by atoms with E-state index in [-0.39, 0.29) is 18.3 Å². The molecule has 1 aliphatic heterocycles. The maximum absolute atomic E-state index is 12.9. The predicted octanol–water partition coefficient (Wildman–Crippen LogP) is 3.84. The average molecular weight is 339 g/mol. The Kier molecular flexibility index (Phi) is 9.27. The molecule has 1 atom stereocenters. The van der Waals surface area contributed by atoms with Crippen molar-refractivity contribution in [1.82, 2.24) is 10.2 Å². The zero-order valence-corrected chi connectivity index (χ0v) is 15.3. The SMILES string of the molecule is CCCC(C(=O)N1CCC(CNCC)CC1)c1ccccc1.Cl. The maximum atomic E-state index is 12.9. The van der Waals surface area contributed by atoms with E-state index >= 15 is 0 Å². The highest BCUT2D eigenvalue weighted by Gasteiger charge is 2.28. The Bertz CT molecular complexity index is 444. The van der Waals surface area contributed by atoms with Crippen molar-refractivity contribution in [2.75, 3.05) is 26.2 Å². The minimum atomic E-state index is 0. The quantitative estimate of drug-likeness (QED) is 0.819. The molecule has 130 valence electrons. The normalized spacial score (nSPS) is 16.7. The van der Waals surface area contributed by atoms with Gasteiger partial charge in [-0.2, -0.15) is 0 Å². The number of rotatable bonds is 7. The van der Waals surface area contributed by atoms with Crippen LogP contribution in [0.5, 0.6) is 0 Å². The van der Waals surface area contributed by atoms with Crippen molar-refractivity contribution in [2.24, 2.45) is 5.92 Å². The van der Waals surface area contributed by atoms with Crippen LogP contribution in [0.15, 0.2) is 30.3 Å². The Morgan fingerprint density at radius 3 is 2.43 bits per heavy atom. The lowest BCUT2D eigenvalue weighted by Gasteiger charge is -2.34. The first kappa shape index (κ1) is 20.0. The number of hydrogen-bond acceptors (Lipinski definition) is 2. The Labute approximate surface area is 147 Å². The van der Waals surface area contributed by atoms with Gasteiger partial charge in [0.2, 0.25) is 5.91 Å². The predicted molar refractivity (Wildman–Crippen MR) is 99.2 cm³/mol. The van der Waals surface area contributed by atoms with E-state index in [9.17, 15) is 4.79 Å². The van der Waals surface area contributed by atoms with Crippen LogP contribution >= 0.6 is 12.4 Å². The smallest absolute Gasteiger partial charge is 0.230 e. The van der Waals surface area contributed by atoms with E-state index in [0.717, 1.165) is 57.8 Å². The van der Waals surface area contributed by atoms with Crippen molar-refractivity contribution in [3.05, 3.63) is 35.9 Å². The second-order valence-corrected chi connectivity index (χ2v) is 6.33. The third-order valence-corrected chi connectivity index (χ3v) is 4.69. The summed E-state index contributed by atoms with van der Waals surface area (Å²) in [5, 5.41) is 3.43. The molecular weight excluding hydrogens is 308 g/mol. The van der Waals surface area contributed by atoms with Crippen molar-refractivity contribution in [1.29, 1.82) is 0 Å². The fourth-order valence-electron chi connectivity index (χ4n) is 3.33. The zero-order chi connectivity index (χ0) is 15.8. The van der Waals surface area contributed by atoms with Gasteiger partial charge in [0.15, 0.2) is 0 Å². The van der Waals surface area contributed by atoms with E-state index < -0.39 is 0 Å². The number of nitrogens with one attached hydrogen (secondary N) is 1. The molecule has 23 heavy (non-hydrogen) atoms. The molecule has 1 fully saturated rings. The van der Waals surface area contributed by atoms with E-state index in [2.05, 4.69) is 36.2 Å². The summed E-state index contributed by atoms with van der Waals surface area (Å²) in [7, 11) is 0. The van der Waals surface area contributed by atoms with Gasteiger partial charge in [0.1, 0.15) is 0 Å². The summed E-state index contributed by atoms with van der Waals surface area (Å²) < 4.78 is 0. The van der Waals surface area contributed by atoms with Gasteiger partial charge >= 0.3 is 0 Å². The van der Waals surface area contributed by atoms with Crippen LogP contribution in [0.4, 0.5) is 0 Å². The zero-order valence-electron chi connectivity index (χ0n) is 14.5. The fraction of sp³-hybridized carbons (Fsp3) is 0.632. The summed E-state index contributed by atoms with van der Waals surface area (Å²) >= 11 is 0. The number of halogens is 1. The minimum Gasteiger partial charge on any atom is -0.342 e. The van der Waals surface area contributed by atoms with Crippen LogP contribution in [0.2, 0.25) is 0 Å². The van der Waals surface area contributed by atoms with Crippen molar-refractivity contribution in [3.63, 3.8) is 0 Å². The van der Waals surface area contributed by atoms with Gasteiger partial charge in [0, 0.05) is 13.1 Å². The molecule has 1 N–H and O–H groups in total. The molecule has 1 aromatic carbocycles. The molecule has 1 aliphatic rings. The second kappa shape index (κ2) is 10.7. The number of amides is 1. The van der Waals surface area contributed by atoms with Crippen molar-refractivity contribution in [2.45, 2.75) is 45.4 Å². The summed E-state index contributed by atoms with van der Waals surface area (Å²) in [5.41, 5.74) is 1.17. The topological polar surface area (TPSA) is 32.3 Å². The Morgan fingerprint density at radius 1 is 1.22 bits per heavy atom. The largest absolute Gasteiger partial charge is 0.342 e. The molecule has 1 aromatic rings. The van der Waals surface area contributed by atoms with E-state index in [0.29, 0.717) is 5.91 Å². The van der Waals surface area contributed by atoms with Crippen LogP contribution in [0.3, 0.4) is 0 Å². The number of likely N-dealkylation sites (tertiary alicyclic amines) is 1. The van der Waals surface area contributed by atoms with Gasteiger partial charge in [-0.3, -0.25) is 4.79 Å². The number of piperidine rings is 1. The molecule has 0 aromatic heterocycles. The molecule has 1 amide bonds. The summed E-state index contributed by atoms with van der Waals surface area (Å²) in [6.45, 7) is 8.27. The van der Waals surface area contributed by atoms with Gasteiger partial charge in [0.25, 0.3) is 0 Å². The Hall–Kier alpha value is -1.06. The van der Waals surface area contributed by atoms with Gasteiger partial charge in [0.05, 0.1) is 5.92 Å². The lowest BCUT2D eigenvalue weighted by atomic mass is 9.90.